The maximum atomic E-state index is 12.2. The molecular formula is C17H22N6OS. The second-order valence-electron chi connectivity index (χ2n) is 5.98. The molecule has 0 aliphatic heterocycles. The summed E-state index contributed by atoms with van der Waals surface area (Å²) in [7, 11) is 0. The van der Waals surface area contributed by atoms with Crippen molar-refractivity contribution in [3.63, 3.8) is 0 Å². The monoisotopic (exact) mass is 358 g/mol. The van der Waals surface area contributed by atoms with Gasteiger partial charge < -0.3 is 10.3 Å². The van der Waals surface area contributed by atoms with Gasteiger partial charge in [-0.25, -0.2) is 14.6 Å². The molecule has 1 aromatic carbocycles. The number of hydrogen-bond acceptors (Lipinski definition) is 5. The maximum absolute atomic E-state index is 12.2. The van der Waals surface area contributed by atoms with E-state index in [-0.39, 0.29) is 11.9 Å². The van der Waals surface area contributed by atoms with E-state index in [9.17, 15) is 4.79 Å². The van der Waals surface area contributed by atoms with Gasteiger partial charge in [0.05, 0.1) is 22.8 Å². The van der Waals surface area contributed by atoms with E-state index >= 15 is 0 Å². The highest BCUT2D eigenvalue weighted by Gasteiger charge is 2.16. The molecule has 0 saturated carbocycles. The van der Waals surface area contributed by atoms with Gasteiger partial charge in [0.15, 0.2) is 5.16 Å². The van der Waals surface area contributed by atoms with E-state index in [1.54, 1.807) is 0 Å². The number of carbonyl (C=O) groups is 1. The third kappa shape index (κ3) is 4.19. The van der Waals surface area contributed by atoms with Gasteiger partial charge in [-0.2, -0.15) is 5.10 Å². The third-order valence-corrected chi connectivity index (χ3v) is 4.67. The molecule has 2 N–H and O–H groups in total. The number of aromatic amines is 1. The van der Waals surface area contributed by atoms with Crippen molar-refractivity contribution in [3.05, 3.63) is 35.9 Å². The molecule has 7 nitrogen and oxygen atoms in total. The molecule has 1 atom stereocenters. The lowest BCUT2D eigenvalue weighted by molar-refractivity contribution is -0.119. The Morgan fingerprint density at radius 2 is 2.28 bits per heavy atom. The first-order valence-electron chi connectivity index (χ1n) is 8.33. The predicted octanol–water partition coefficient (Wildman–Crippen LogP) is 2.84. The first-order chi connectivity index (χ1) is 12.1. The number of rotatable bonds is 7. The van der Waals surface area contributed by atoms with E-state index in [0.29, 0.717) is 5.75 Å². The SMILES string of the molecule is CCCn1ncnc1[C@H](C)NC(=O)CSc1nc2ccc(C)cc2[nH]1. The molecule has 0 aliphatic carbocycles. The van der Waals surface area contributed by atoms with Crippen LogP contribution in [-0.2, 0) is 11.3 Å². The van der Waals surface area contributed by atoms with Crippen LogP contribution in [0.1, 0.15) is 37.7 Å². The van der Waals surface area contributed by atoms with Gasteiger partial charge in [-0.1, -0.05) is 24.8 Å². The standard InChI is InChI=1S/C17H22N6OS/c1-4-7-23-16(18-10-19-23)12(3)20-15(24)9-25-17-21-13-6-5-11(2)8-14(13)22-17/h5-6,8,10,12H,4,7,9H2,1-3H3,(H,20,24)(H,21,22)/t12-/m0/s1. The Hall–Kier alpha value is -2.35. The van der Waals surface area contributed by atoms with Crippen LogP contribution in [0.25, 0.3) is 11.0 Å². The maximum Gasteiger partial charge on any atom is 0.231 e. The fourth-order valence-corrected chi connectivity index (χ4v) is 3.34. The number of fused-ring (bicyclic) bond motifs is 1. The summed E-state index contributed by atoms with van der Waals surface area (Å²) in [5, 5.41) is 7.91. The molecule has 0 unspecified atom stereocenters. The van der Waals surface area contributed by atoms with Crippen LogP contribution >= 0.6 is 11.8 Å². The lowest BCUT2D eigenvalue weighted by Gasteiger charge is -2.14. The number of aryl methyl sites for hydroxylation is 2. The Bertz CT molecular complexity index is 871. The van der Waals surface area contributed by atoms with E-state index in [4.69, 9.17) is 0 Å². The van der Waals surface area contributed by atoms with E-state index in [1.165, 1.54) is 23.7 Å². The zero-order chi connectivity index (χ0) is 17.8. The van der Waals surface area contributed by atoms with Crippen LogP contribution in [-0.4, -0.2) is 36.4 Å². The van der Waals surface area contributed by atoms with Crippen molar-refractivity contribution in [2.24, 2.45) is 0 Å². The minimum Gasteiger partial charge on any atom is -0.346 e. The first-order valence-corrected chi connectivity index (χ1v) is 9.31. The molecule has 0 aliphatic rings. The average molecular weight is 358 g/mol. The largest absolute Gasteiger partial charge is 0.346 e. The van der Waals surface area contributed by atoms with Crippen molar-refractivity contribution >= 4 is 28.7 Å². The van der Waals surface area contributed by atoms with Crippen LogP contribution in [0.15, 0.2) is 29.7 Å². The van der Waals surface area contributed by atoms with Crippen LogP contribution in [0, 0.1) is 6.92 Å². The summed E-state index contributed by atoms with van der Waals surface area (Å²) in [6.45, 7) is 6.84. The van der Waals surface area contributed by atoms with Crippen molar-refractivity contribution < 1.29 is 4.79 Å². The number of thioether (sulfide) groups is 1. The number of aromatic nitrogens is 5. The predicted molar refractivity (Wildman–Crippen MR) is 98.4 cm³/mol. The highest BCUT2D eigenvalue weighted by atomic mass is 32.2. The molecular weight excluding hydrogens is 336 g/mol. The number of imidazole rings is 1. The van der Waals surface area contributed by atoms with Crippen LogP contribution < -0.4 is 5.32 Å². The first kappa shape index (κ1) is 17.5. The fourth-order valence-electron chi connectivity index (χ4n) is 2.64. The van der Waals surface area contributed by atoms with Gasteiger partial charge in [-0.3, -0.25) is 4.79 Å². The minimum atomic E-state index is -0.180. The summed E-state index contributed by atoms with van der Waals surface area (Å²) in [4.78, 5) is 24.2. The van der Waals surface area contributed by atoms with Gasteiger partial charge >= 0.3 is 0 Å². The highest BCUT2D eigenvalue weighted by molar-refractivity contribution is 7.99. The molecule has 25 heavy (non-hydrogen) atoms. The molecule has 132 valence electrons. The smallest absolute Gasteiger partial charge is 0.231 e. The van der Waals surface area contributed by atoms with Crippen LogP contribution in [0.3, 0.4) is 0 Å². The Balaban J connectivity index is 1.57. The van der Waals surface area contributed by atoms with Gasteiger partial charge in [0, 0.05) is 6.54 Å². The lowest BCUT2D eigenvalue weighted by Crippen LogP contribution is -2.30. The summed E-state index contributed by atoms with van der Waals surface area (Å²) in [6.07, 6.45) is 2.50. The minimum absolute atomic E-state index is 0.0554. The van der Waals surface area contributed by atoms with Crippen molar-refractivity contribution in [2.45, 2.75) is 44.9 Å². The van der Waals surface area contributed by atoms with Crippen LogP contribution in [0.4, 0.5) is 0 Å². The molecule has 8 heteroatoms. The normalized spacial score (nSPS) is 12.4. The van der Waals surface area contributed by atoms with E-state index in [0.717, 1.165) is 35.0 Å². The Morgan fingerprint density at radius 3 is 3.08 bits per heavy atom. The molecule has 0 bridgehead atoms. The van der Waals surface area contributed by atoms with Crippen LogP contribution in [0.5, 0.6) is 0 Å². The lowest BCUT2D eigenvalue weighted by atomic mass is 10.2. The summed E-state index contributed by atoms with van der Waals surface area (Å²) in [6, 6.07) is 5.88. The molecule has 0 spiro atoms. The van der Waals surface area contributed by atoms with Gasteiger partial charge in [0.25, 0.3) is 0 Å². The van der Waals surface area contributed by atoms with Gasteiger partial charge in [-0.15, -0.1) is 0 Å². The van der Waals surface area contributed by atoms with E-state index in [2.05, 4.69) is 38.4 Å². The number of H-pyrrole nitrogens is 1. The van der Waals surface area contributed by atoms with Crippen LogP contribution in [0.2, 0.25) is 0 Å². The number of amides is 1. The summed E-state index contributed by atoms with van der Waals surface area (Å²) in [5.41, 5.74) is 3.08. The molecule has 0 radical (unpaired) electrons. The van der Waals surface area contributed by atoms with Crippen molar-refractivity contribution in [2.75, 3.05) is 5.75 Å². The van der Waals surface area contributed by atoms with Crippen molar-refractivity contribution in [1.82, 2.24) is 30.0 Å². The van der Waals surface area contributed by atoms with Gasteiger partial charge in [-0.05, 0) is 38.0 Å². The quantitative estimate of drug-likeness (QED) is 0.634. The summed E-state index contributed by atoms with van der Waals surface area (Å²) < 4.78 is 1.83. The van der Waals surface area contributed by atoms with Crippen molar-refractivity contribution in [1.29, 1.82) is 0 Å². The molecule has 0 fully saturated rings. The number of benzene rings is 1. The number of hydrogen-bond donors (Lipinski definition) is 2. The molecule has 0 saturated heterocycles. The average Bonchev–Trinajstić information content (AvgIpc) is 3.19. The molecule has 2 heterocycles. The summed E-state index contributed by atoms with van der Waals surface area (Å²) >= 11 is 1.39. The van der Waals surface area contributed by atoms with Gasteiger partial charge in [0.1, 0.15) is 12.2 Å². The number of carbonyl (C=O) groups excluding carboxylic acids is 1. The Morgan fingerprint density at radius 1 is 1.44 bits per heavy atom. The fraction of sp³-hybridized carbons (Fsp3) is 0.412. The number of nitrogens with one attached hydrogen (secondary N) is 2. The molecule has 2 aromatic heterocycles. The molecule has 3 aromatic rings. The van der Waals surface area contributed by atoms with E-state index < -0.39 is 0 Å². The number of nitrogens with zero attached hydrogens (tertiary/aromatic N) is 4. The van der Waals surface area contributed by atoms with Gasteiger partial charge in [0.2, 0.25) is 5.91 Å². The molecule has 1 amide bonds. The third-order valence-electron chi connectivity index (χ3n) is 3.80. The topological polar surface area (TPSA) is 88.5 Å². The Labute approximate surface area is 150 Å². The second kappa shape index (κ2) is 7.69. The highest BCUT2D eigenvalue weighted by Crippen LogP contribution is 2.20. The molecule has 3 rings (SSSR count). The zero-order valence-electron chi connectivity index (χ0n) is 14.6. The Kier molecular flexibility index (Phi) is 5.37. The second-order valence-corrected chi connectivity index (χ2v) is 6.95. The summed E-state index contributed by atoms with van der Waals surface area (Å²) in [5.74, 6) is 1.02. The van der Waals surface area contributed by atoms with Crippen molar-refractivity contribution in [3.8, 4) is 0 Å². The zero-order valence-corrected chi connectivity index (χ0v) is 15.4. The van der Waals surface area contributed by atoms with E-state index in [1.807, 2.05) is 30.7 Å².